The van der Waals surface area contributed by atoms with Gasteiger partial charge in [-0.05, 0) is 224 Å². The number of amides is 2. The molecule has 0 unspecified atom stereocenters. The SMILES string of the molecule is CC1(C)OB(C2=CCCCC2)OC1(C)C.O=C(Nc1c(Br)cc(-c2ccccc2)cc1Br)c1ccccc1.O=C(Nc1c(C2=CCCCC2)cc(-c2ccccc2)cc1C1=CCCCC1)c1ccccc1.[Pd]. The van der Waals surface area contributed by atoms with Crippen LogP contribution in [0.25, 0.3) is 33.4 Å². The quantitative estimate of drug-likeness (QED) is 0.141. The summed E-state index contributed by atoms with van der Waals surface area (Å²) in [6.45, 7) is 8.43. The van der Waals surface area contributed by atoms with Crippen LogP contribution >= 0.6 is 31.9 Å². The molecule has 6 nitrogen and oxygen atoms in total. The Balaban J connectivity index is 0.000000170. The Kier molecular flexibility index (Phi) is 19.7. The Morgan fingerprint density at radius 2 is 0.847 bits per heavy atom. The number of hydrogen-bond donors (Lipinski definition) is 2. The van der Waals surface area contributed by atoms with Crippen molar-refractivity contribution in [3.05, 3.63) is 200 Å². The van der Waals surface area contributed by atoms with Gasteiger partial charge < -0.3 is 19.9 Å². The topological polar surface area (TPSA) is 76.7 Å². The van der Waals surface area contributed by atoms with Crippen LogP contribution in [0.2, 0.25) is 0 Å². The first kappa shape index (κ1) is 54.9. The third kappa shape index (κ3) is 14.0. The van der Waals surface area contributed by atoms with Crippen LogP contribution in [0.1, 0.15) is 137 Å². The van der Waals surface area contributed by atoms with Crippen molar-refractivity contribution >= 4 is 73.3 Å². The van der Waals surface area contributed by atoms with Crippen molar-refractivity contribution in [2.75, 3.05) is 10.6 Å². The van der Waals surface area contributed by atoms with E-state index < -0.39 is 0 Å². The van der Waals surface area contributed by atoms with E-state index in [4.69, 9.17) is 9.31 Å². The summed E-state index contributed by atoms with van der Waals surface area (Å²) in [5.41, 5.74) is 13.7. The Hall–Kier alpha value is -4.91. The third-order valence-corrected chi connectivity index (χ3v) is 15.4. The molecule has 0 aromatic heterocycles. The van der Waals surface area contributed by atoms with Gasteiger partial charge in [0.2, 0.25) is 0 Å². The normalized spacial score (nSPS) is 16.7. The van der Waals surface area contributed by atoms with Crippen LogP contribution in [-0.2, 0) is 29.7 Å². The predicted octanol–water partition coefficient (Wildman–Crippen LogP) is 17.8. The van der Waals surface area contributed by atoms with Crippen LogP contribution in [0.4, 0.5) is 11.4 Å². The van der Waals surface area contributed by atoms with Crippen LogP contribution < -0.4 is 10.6 Å². The summed E-state index contributed by atoms with van der Waals surface area (Å²) in [7, 11) is -0.102. The minimum Gasteiger partial charge on any atom is -0.400 e. The van der Waals surface area contributed by atoms with Crippen molar-refractivity contribution in [2.24, 2.45) is 0 Å². The molecule has 10 heteroatoms. The van der Waals surface area contributed by atoms with Gasteiger partial charge in [-0.3, -0.25) is 9.59 Å². The monoisotopic (exact) mass is 1180 g/mol. The first-order valence-corrected chi connectivity index (χ1v) is 26.9. The minimum atomic E-state index is -0.198. The molecule has 10 rings (SSSR count). The van der Waals surface area contributed by atoms with Crippen LogP contribution in [0.3, 0.4) is 0 Å². The molecular formula is C62H65BBr2N2O4Pd. The smallest absolute Gasteiger partial charge is 0.400 e. The number of anilines is 2. The molecule has 0 atom stereocenters. The Morgan fingerprint density at radius 1 is 0.472 bits per heavy atom. The van der Waals surface area contributed by atoms with E-state index >= 15 is 0 Å². The second-order valence-electron chi connectivity index (χ2n) is 19.7. The van der Waals surface area contributed by atoms with Crippen molar-refractivity contribution in [3.63, 3.8) is 0 Å². The first-order valence-electron chi connectivity index (χ1n) is 25.3. The van der Waals surface area contributed by atoms with Gasteiger partial charge in [0.25, 0.3) is 11.8 Å². The van der Waals surface area contributed by atoms with Crippen LogP contribution in [-0.4, -0.2) is 30.1 Å². The zero-order valence-corrected chi connectivity index (χ0v) is 46.6. The van der Waals surface area contributed by atoms with Gasteiger partial charge in [0, 0.05) is 51.6 Å². The van der Waals surface area contributed by atoms with Crippen molar-refractivity contribution in [2.45, 2.75) is 116 Å². The molecule has 1 heterocycles. The van der Waals surface area contributed by atoms with E-state index in [0.717, 1.165) is 63.6 Å². The summed E-state index contributed by atoms with van der Waals surface area (Å²) in [6, 6.07) is 48.0. The molecule has 374 valence electrons. The van der Waals surface area contributed by atoms with Gasteiger partial charge >= 0.3 is 7.12 Å². The molecule has 1 saturated heterocycles. The van der Waals surface area contributed by atoms with E-state index in [1.807, 2.05) is 78.9 Å². The number of rotatable bonds is 9. The minimum absolute atomic E-state index is 0. The maximum atomic E-state index is 13.3. The number of carbonyl (C=O) groups is 2. The van der Waals surface area contributed by atoms with Crippen molar-refractivity contribution < 1.29 is 39.3 Å². The van der Waals surface area contributed by atoms with Crippen molar-refractivity contribution in [3.8, 4) is 22.3 Å². The molecule has 0 spiro atoms. The van der Waals surface area contributed by atoms with Gasteiger partial charge in [-0.1, -0.05) is 115 Å². The van der Waals surface area contributed by atoms with Crippen LogP contribution in [0.15, 0.2) is 178 Å². The fourth-order valence-corrected chi connectivity index (χ4v) is 10.7. The van der Waals surface area contributed by atoms with Gasteiger partial charge in [0.1, 0.15) is 0 Å². The molecule has 1 fully saturated rings. The molecule has 0 bridgehead atoms. The number of benzene rings is 6. The molecule has 0 radical (unpaired) electrons. The van der Waals surface area contributed by atoms with Crippen molar-refractivity contribution in [1.29, 1.82) is 0 Å². The summed E-state index contributed by atoms with van der Waals surface area (Å²) >= 11 is 7.10. The summed E-state index contributed by atoms with van der Waals surface area (Å²) in [4.78, 5) is 25.6. The molecule has 1 aliphatic heterocycles. The maximum Gasteiger partial charge on any atom is 0.490 e. The number of allylic oxidation sites excluding steroid dienone is 6. The van der Waals surface area contributed by atoms with E-state index in [9.17, 15) is 9.59 Å². The molecule has 6 aromatic rings. The van der Waals surface area contributed by atoms with Gasteiger partial charge in [0.15, 0.2) is 0 Å². The zero-order chi connectivity index (χ0) is 49.8. The van der Waals surface area contributed by atoms with Crippen molar-refractivity contribution in [1.82, 2.24) is 0 Å². The third-order valence-electron chi connectivity index (χ3n) is 14.1. The van der Waals surface area contributed by atoms with Gasteiger partial charge in [-0.25, -0.2) is 0 Å². The summed E-state index contributed by atoms with van der Waals surface area (Å²) in [5.74, 6) is -0.183. The van der Waals surface area contributed by atoms with Gasteiger partial charge in [0.05, 0.1) is 22.6 Å². The van der Waals surface area contributed by atoms with Crippen LogP contribution in [0.5, 0.6) is 0 Å². The molecule has 3 aliphatic carbocycles. The van der Waals surface area contributed by atoms with E-state index in [1.54, 1.807) is 12.1 Å². The standard InChI is InChI=1S/C31H31NO.C19H13Br2NO.C12H21BO2.Pd/c33-31(26-19-11-4-12-20-26)32-30-28(24-15-7-2-8-16-24)21-27(23-13-5-1-6-14-23)22-29(30)25-17-9-3-10-18-25;20-16-11-15(13-7-3-1-4-8-13)12-17(21)18(16)22-19(23)14-9-5-2-6-10-14;1-11(2)12(3,4)15-13(14-11)10-8-6-5-7-9-10;/h1,4-6,11-15,17,19-22H,2-3,7-10,16,18H2,(H,32,33);1-12H,(H,22,23);8H,5-7,9H2,1-4H3;. The Morgan fingerprint density at radius 3 is 1.24 bits per heavy atom. The first-order chi connectivity index (χ1) is 34.4. The van der Waals surface area contributed by atoms with Gasteiger partial charge in [-0.15, -0.1) is 0 Å². The summed E-state index contributed by atoms with van der Waals surface area (Å²) in [5, 5.41) is 6.29. The Labute approximate surface area is 458 Å². The summed E-state index contributed by atoms with van der Waals surface area (Å²) < 4.78 is 13.7. The van der Waals surface area contributed by atoms with E-state index in [2.05, 4.69) is 143 Å². The molecule has 72 heavy (non-hydrogen) atoms. The fraction of sp³-hybridized carbons (Fsp3) is 0.290. The number of hydrogen-bond acceptors (Lipinski definition) is 4. The predicted molar refractivity (Wildman–Crippen MR) is 303 cm³/mol. The molecular weight excluding hydrogens is 1110 g/mol. The van der Waals surface area contributed by atoms with E-state index in [1.165, 1.54) is 83.8 Å². The largest absolute Gasteiger partial charge is 0.490 e. The molecule has 0 saturated carbocycles. The zero-order valence-electron chi connectivity index (χ0n) is 41.9. The van der Waals surface area contributed by atoms with Gasteiger partial charge in [-0.2, -0.15) is 0 Å². The molecule has 2 N–H and O–H groups in total. The maximum absolute atomic E-state index is 13.3. The summed E-state index contributed by atoms with van der Waals surface area (Å²) in [6.07, 6.45) is 21.2. The van der Waals surface area contributed by atoms with Crippen LogP contribution in [0, 0.1) is 0 Å². The number of carbonyl (C=O) groups excluding carboxylic acids is 2. The second kappa shape index (κ2) is 25.8. The average molecular weight is 1180 g/mol. The molecule has 2 amide bonds. The Bertz CT molecular complexity index is 2800. The molecule has 4 aliphatic rings. The number of nitrogens with one attached hydrogen (secondary N) is 2. The van der Waals surface area contributed by atoms with E-state index in [0.29, 0.717) is 11.1 Å². The van der Waals surface area contributed by atoms with E-state index in [-0.39, 0.29) is 50.6 Å². The molecule has 6 aromatic carbocycles. The second-order valence-corrected chi connectivity index (χ2v) is 21.4. The fourth-order valence-electron chi connectivity index (χ4n) is 9.36. The average Bonchev–Trinajstić information content (AvgIpc) is 3.64. The number of halogens is 2.